The van der Waals surface area contributed by atoms with Gasteiger partial charge in [-0.15, -0.1) is 0 Å². The van der Waals surface area contributed by atoms with Crippen molar-refractivity contribution in [2.75, 3.05) is 0 Å². The van der Waals surface area contributed by atoms with E-state index in [1.165, 1.54) is 12.3 Å². The van der Waals surface area contributed by atoms with E-state index < -0.39 is 5.54 Å². The van der Waals surface area contributed by atoms with Gasteiger partial charge in [-0.3, -0.25) is 4.79 Å². The molecule has 1 aromatic heterocycles. The molecule has 1 fully saturated rings. The molecule has 1 aliphatic rings. The van der Waals surface area contributed by atoms with Crippen LogP contribution in [0, 0.1) is 0 Å². The van der Waals surface area contributed by atoms with Gasteiger partial charge in [-0.1, -0.05) is 18.0 Å². The Balaban J connectivity index is 2.21. The SMILES string of the molecule is N/C(=N/O)C1(NC(=O)c2ccoc2Cl)CCCC1. The third-order valence-electron chi connectivity index (χ3n) is 3.27. The van der Waals surface area contributed by atoms with Gasteiger partial charge < -0.3 is 20.7 Å². The van der Waals surface area contributed by atoms with Crippen LogP contribution in [0.1, 0.15) is 36.0 Å². The highest BCUT2D eigenvalue weighted by Gasteiger charge is 2.40. The summed E-state index contributed by atoms with van der Waals surface area (Å²) in [6, 6.07) is 1.48. The number of nitrogens with two attached hydrogens (primary N) is 1. The number of amides is 1. The molecule has 1 aromatic rings. The fourth-order valence-corrected chi connectivity index (χ4v) is 2.46. The number of hydrogen-bond acceptors (Lipinski definition) is 4. The van der Waals surface area contributed by atoms with Crippen LogP contribution < -0.4 is 11.1 Å². The summed E-state index contributed by atoms with van der Waals surface area (Å²) < 4.78 is 4.86. The van der Waals surface area contributed by atoms with E-state index in [2.05, 4.69) is 10.5 Å². The van der Waals surface area contributed by atoms with Crippen molar-refractivity contribution in [2.24, 2.45) is 10.9 Å². The molecule has 7 heteroatoms. The number of oxime groups is 1. The third kappa shape index (κ3) is 2.15. The molecule has 0 unspecified atom stereocenters. The van der Waals surface area contributed by atoms with E-state index in [-0.39, 0.29) is 22.5 Å². The molecule has 0 spiro atoms. The van der Waals surface area contributed by atoms with E-state index >= 15 is 0 Å². The molecule has 0 bridgehead atoms. The molecule has 0 aliphatic heterocycles. The summed E-state index contributed by atoms with van der Waals surface area (Å²) in [7, 11) is 0. The average Bonchev–Trinajstić information content (AvgIpc) is 2.97. The molecule has 4 N–H and O–H groups in total. The number of amidine groups is 1. The van der Waals surface area contributed by atoms with Crippen LogP contribution in [0.4, 0.5) is 0 Å². The average molecular weight is 272 g/mol. The summed E-state index contributed by atoms with van der Waals surface area (Å²) in [5.41, 5.74) is 5.14. The quantitative estimate of drug-likeness (QED) is 0.337. The predicted molar refractivity (Wildman–Crippen MR) is 65.8 cm³/mol. The van der Waals surface area contributed by atoms with E-state index in [1.54, 1.807) is 0 Å². The van der Waals surface area contributed by atoms with Crippen LogP contribution >= 0.6 is 11.6 Å². The molecule has 18 heavy (non-hydrogen) atoms. The zero-order valence-electron chi connectivity index (χ0n) is 9.65. The van der Waals surface area contributed by atoms with Gasteiger partial charge in [0.15, 0.2) is 5.84 Å². The van der Waals surface area contributed by atoms with Crippen molar-refractivity contribution in [3.8, 4) is 0 Å². The fourth-order valence-electron chi connectivity index (χ4n) is 2.26. The number of hydrogen-bond donors (Lipinski definition) is 3. The first-order valence-electron chi connectivity index (χ1n) is 5.62. The first kappa shape index (κ1) is 12.8. The highest BCUT2D eigenvalue weighted by Crippen LogP contribution is 2.30. The van der Waals surface area contributed by atoms with E-state index in [1.807, 2.05) is 0 Å². The Morgan fingerprint density at radius 3 is 2.72 bits per heavy atom. The van der Waals surface area contributed by atoms with Crippen molar-refractivity contribution in [3.05, 3.63) is 23.1 Å². The lowest BCUT2D eigenvalue weighted by atomic mass is 9.95. The first-order chi connectivity index (χ1) is 8.59. The Morgan fingerprint density at radius 1 is 1.56 bits per heavy atom. The summed E-state index contributed by atoms with van der Waals surface area (Å²) >= 11 is 5.74. The van der Waals surface area contributed by atoms with E-state index in [9.17, 15) is 4.79 Å². The van der Waals surface area contributed by atoms with E-state index in [0.29, 0.717) is 12.8 Å². The predicted octanol–water partition coefficient (Wildman–Crippen LogP) is 1.72. The van der Waals surface area contributed by atoms with Gasteiger partial charge in [0.05, 0.1) is 11.8 Å². The van der Waals surface area contributed by atoms with Crippen LogP contribution in [-0.4, -0.2) is 22.5 Å². The molecule has 1 heterocycles. The fraction of sp³-hybridized carbons (Fsp3) is 0.455. The molecule has 1 aliphatic carbocycles. The monoisotopic (exact) mass is 271 g/mol. The summed E-state index contributed by atoms with van der Waals surface area (Å²) in [5, 5.41) is 14.7. The van der Waals surface area contributed by atoms with Crippen molar-refractivity contribution in [2.45, 2.75) is 31.2 Å². The highest BCUT2D eigenvalue weighted by molar-refractivity contribution is 6.32. The van der Waals surface area contributed by atoms with Crippen LogP contribution in [0.5, 0.6) is 0 Å². The van der Waals surface area contributed by atoms with Gasteiger partial charge in [-0.05, 0) is 30.5 Å². The summed E-state index contributed by atoms with van der Waals surface area (Å²) in [5.74, 6) is -0.366. The number of furan rings is 1. The summed E-state index contributed by atoms with van der Waals surface area (Å²) in [4.78, 5) is 12.1. The molecule has 0 radical (unpaired) electrons. The number of carbonyl (C=O) groups is 1. The second-order valence-corrected chi connectivity index (χ2v) is 4.68. The lowest BCUT2D eigenvalue weighted by Gasteiger charge is -2.28. The van der Waals surface area contributed by atoms with Gasteiger partial charge in [0, 0.05) is 0 Å². The highest BCUT2D eigenvalue weighted by atomic mass is 35.5. The number of halogens is 1. The Kier molecular flexibility index (Phi) is 3.47. The molecular weight excluding hydrogens is 258 g/mol. The molecule has 6 nitrogen and oxygen atoms in total. The van der Waals surface area contributed by atoms with Crippen LogP contribution in [0.25, 0.3) is 0 Å². The summed E-state index contributed by atoms with van der Waals surface area (Å²) in [6.45, 7) is 0. The molecule has 0 aromatic carbocycles. The molecule has 1 saturated carbocycles. The Hall–Kier alpha value is -1.69. The van der Waals surface area contributed by atoms with Crippen molar-refractivity contribution < 1.29 is 14.4 Å². The minimum atomic E-state index is -0.785. The number of nitrogens with one attached hydrogen (secondary N) is 1. The van der Waals surface area contributed by atoms with E-state index in [4.69, 9.17) is 27.0 Å². The van der Waals surface area contributed by atoms with Gasteiger partial charge in [0.1, 0.15) is 5.54 Å². The molecule has 2 rings (SSSR count). The van der Waals surface area contributed by atoms with E-state index in [0.717, 1.165) is 12.8 Å². The van der Waals surface area contributed by atoms with Crippen molar-refractivity contribution in [1.29, 1.82) is 0 Å². The smallest absolute Gasteiger partial charge is 0.256 e. The van der Waals surface area contributed by atoms with Crippen LogP contribution in [0.15, 0.2) is 21.9 Å². The minimum Gasteiger partial charge on any atom is -0.452 e. The van der Waals surface area contributed by atoms with Gasteiger partial charge in [0.2, 0.25) is 5.22 Å². The van der Waals surface area contributed by atoms with Gasteiger partial charge >= 0.3 is 0 Å². The van der Waals surface area contributed by atoms with Crippen molar-refractivity contribution >= 4 is 23.3 Å². The second-order valence-electron chi connectivity index (χ2n) is 4.34. The van der Waals surface area contributed by atoms with Gasteiger partial charge in [-0.2, -0.15) is 0 Å². The number of rotatable bonds is 3. The van der Waals surface area contributed by atoms with Gasteiger partial charge in [0.25, 0.3) is 5.91 Å². The standard InChI is InChI=1S/C11H14ClN3O3/c12-8-7(3-6-18-8)9(16)14-11(10(13)15-17)4-1-2-5-11/h3,6,17H,1-2,4-5H2,(H2,13,15)(H,14,16). The molecule has 98 valence electrons. The topological polar surface area (TPSA) is 101 Å². The Morgan fingerprint density at radius 2 is 2.22 bits per heavy atom. The van der Waals surface area contributed by atoms with Crippen LogP contribution in [0.2, 0.25) is 5.22 Å². The Labute approximate surface area is 109 Å². The number of carbonyl (C=O) groups excluding carboxylic acids is 1. The van der Waals surface area contributed by atoms with Crippen LogP contribution in [-0.2, 0) is 0 Å². The third-order valence-corrected chi connectivity index (χ3v) is 3.56. The minimum absolute atomic E-state index is 0.0213. The second kappa shape index (κ2) is 4.89. The normalized spacial score (nSPS) is 18.8. The Bertz CT molecular complexity index is 478. The zero-order chi connectivity index (χ0) is 13.2. The molecule has 0 atom stereocenters. The number of nitrogens with zero attached hydrogens (tertiary/aromatic N) is 1. The van der Waals surface area contributed by atoms with Crippen molar-refractivity contribution in [3.63, 3.8) is 0 Å². The lowest BCUT2D eigenvalue weighted by molar-refractivity contribution is 0.0922. The maximum atomic E-state index is 12.1. The first-order valence-corrected chi connectivity index (χ1v) is 6.00. The molecular formula is C11H14ClN3O3. The summed E-state index contributed by atoms with van der Waals surface area (Å²) in [6.07, 6.45) is 4.45. The molecule has 1 amide bonds. The lowest BCUT2D eigenvalue weighted by Crippen LogP contribution is -2.55. The van der Waals surface area contributed by atoms with Gasteiger partial charge in [-0.25, -0.2) is 0 Å². The zero-order valence-corrected chi connectivity index (χ0v) is 10.4. The van der Waals surface area contributed by atoms with Crippen LogP contribution in [0.3, 0.4) is 0 Å². The maximum Gasteiger partial charge on any atom is 0.256 e. The largest absolute Gasteiger partial charge is 0.452 e. The molecule has 0 saturated heterocycles. The van der Waals surface area contributed by atoms with Crippen molar-refractivity contribution in [1.82, 2.24) is 5.32 Å². The maximum absolute atomic E-state index is 12.1.